The number of aromatic nitrogens is 2. The summed E-state index contributed by atoms with van der Waals surface area (Å²) in [7, 11) is -2.03. The van der Waals surface area contributed by atoms with Crippen LogP contribution in [0.3, 0.4) is 0 Å². The number of hydrogen-bond donors (Lipinski definition) is 0. The van der Waals surface area contributed by atoms with Crippen LogP contribution < -0.4 is 0 Å². The van der Waals surface area contributed by atoms with Crippen molar-refractivity contribution in [1.29, 1.82) is 0 Å². The molecule has 0 fully saturated rings. The van der Waals surface area contributed by atoms with Gasteiger partial charge in [-0.1, -0.05) is 0 Å². The van der Waals surface area contributed by atoms with E-state index in [0.717, 1.165) is 10.9 Å². The first-order valence-corrected chi connectivity index (χ1v) is 6.16. The van der Waals surface area contributed by atoms with E-state index in [1.54, 1.807) is 6.92 Å². The molecular formula is C8H12N2O4S. The zero-order valence-electron chi connectivity index (χ0n) is 8.72. The Hall–Kier alpha value is -1.37. The van der Waals surface area contributed by atoms with Gasteiger partial charge < -0.3 is 4.74 Å². The Balaban J connectivity index is 3.27. The van der Waals surface area contributed by atoms with Crippen molar-refractivity contribution in [2.75, 3.05) is 12.9 Å². The summed E-state index contributed by atoms with van der Waals surface area (Å²) in [6.07, 6.45) is 2.21. The van der Waals surface area contributed by atoms with E-state index < -0.39 is 15.8 Å². The maximum Gasteiger partial charge on any atom is 0.342 e. The predicted octanol–water partition coefficient (Wildman–Crippen LogP) is 0.000300. The van der Waals surface area contributed by atoms with Crippen LogP contribution in [0.2, 0.25) is 0 Å². The van der Waals surface area contributed by atoms with Crippen LogP contribution in [0.15, 0.2) is 11.2 Å². The van der Waals surface area contributed by atoms with Crippen LogP contribution in [0.1, 0.15) is 17.3 Å². The fourth-order valence-corrected chi connectivity index (χ4v) is 2.28. The Bertz CT molecular complexity index is 475. The van der Waals surface area contributed by atoms with E-state index in [1.165, 1.54) is 13.2 Å². The molecule has 0 spiro atoms. The number of aryl methyl sites for hydroxylation is 1. The molecule has 0 bridgehead atoms. The van der Waals surface area contributed by atoms with Crippen LogP contribution in [-0.4, -0.2) is 37.0 Å². The topological polar surface area (TPSA) is 78.3 Å². The first-order chi connectivity index (χ1) is 6.88. The molecule has 84 valence electrons. The van der Waals surface area contributed by atoms with Gasteiger partial charge in [-0.05, 0) is 6.92 Å². The molecule has 0 unspecified atom stereocenters. The van der Waals surface area contributed by atoms with Crippen molar-refractivity contribution in [3.63, 3.8) is 0 Å². The van der Waals surface area contributed by atoms with Gasteiger partial charge in [0.2, 0.25) is 0 Å². The third-order valence-electron chi connectivity index (χ3n) is 1.73. The van der Waals surface area contributed by atoms with Crippen LogP contribution in [-0.2, 0) is 21.6 Å². The summed E-state index contributed by atoms with van der Waals surface area (Å²) in [5.74, 6) is -0.675. The smallest absolute Gasteiger partial charge is 0.342 e. The van der Waals surface area contributed by atoms with Crippen LogP contribution >= 0.6 is 0 Å². The molecule has 1 rings (SSSR count). The SMILES string of the molecule is CCOC(=O)c1cnn(C)c1S(C)(=O)=O. The predicted molar refractivity (Wildman–Crippen MR) is 52.3 cm³/mol. The highest BCUT2D eigenvalue weighted by Gasteiger charge is 2.24. The molecule has 6 nitrogen and oxygen atoms in total. The lowest BCUT2D eigenvalue weighted by atomic mass is 10.4. The van der Waals surface area contributed by atoms with E-state index in [4.69, 9.17) is 4.74 Å². The number of ether oxygens (including phenoxy) is 1. The first-order valence-electron chi connectivity index (χ1n) is 4.27. The third-order valence-corrected chi connectivity index (χ3v) is 2.92. The monoisotopic (exact) mass is 232 g/mol. The van der Waals surface area contributed by atoms with Gasteiger partial charge in [0, 0.05) is 13.3 Å². The van der Waals surface area contributed by atoms with Crippen molar-refractivity contribution in [3.8, 4) is 0 Å². The average Bonchev–Trinajstić information content (AvgIpc) is 2.46. The van der Waals surface area contributed by atoms with Crippen LogP contribution in [0.4, 0.5) is 0 Å². The summed E-state index contributed by atoms with van der Waals surface area (Å²) in [5, 5.41) is 3.60. The van der Waals surface area contributed by atoms with E-state index in [1.807, 2.05) is 0 Å². The van der Waals surface area contributed by atoms with Crippen molar-refractivity contribution in [3.05, 3.63) is 11.8 Å². The largest absolute Gasteiger partial charge is 0.462 e. The second-order valence-electron chi connectivity index (χ2n) is 2.98. The van der Waals surface area contributed by atoms with Crippen molar-refractivity contribution < 1.29 is 17.9 Å². The maximum absolute atomic E-state index is 11.4. The number of carbonyl (C=O) groups excluding carboxylic acids is 1. The quantitative estimate of drug-likeness (QED) is 0.685. The molecule has 0 N–H and O–H groups in total. The van der Waals surface area contributed by atoms with Crippen LogP contribution in [0.5, 0.6) is 0 Å². The van der Waals surface area contributed by atoms with Gasteiger partial charge in [0.25, 0.3) is 0 Å². The highest BCUT2D eigenvalue weighted by atomic mass is 32.2. The summed E-state index contributed by atoms with van der Waals surface area (Å²) in [6, 6.07) is 0. The van der Waals surface area contributed by atoms with Crippen molar-refractivity contribution >= 4 is 15.8 Å². The van der Waals surface area contributed by atoms with Crippen molar-refractivity contribution in [1.82, 2.24) is 9.78 Å². The Kier molecular flexibility index (Phi) is 3.13. The number of nitrogens with zero attached hydrogens (tertiary/aromatic N) is 2. The normalized spacial score (nSPS) is 11.4. The number of hydrogen-bond acceptors (Lipinski definition) is 5. The molecule has 1 aromatic rings. The minimum Gasteiger partial charge on any atom is -0.462 e. The maximum atomic E-state index is 11.4. The molecule has 7 heteroatoms. The fourth-order valence-electron chi connectivity index (χ4n) is 1.21. The third kappa shape index (κ3) is 2.35. The van der Waals surface area contributed by atoms with Gasteiger partial charge in [0.05, 0.1) is 12.8 Å². The van der Waals surface area contributed by atoms with Crippen molar-refractivity contribution in [2.24, 2.45) is 7.05 Å². The highest BCUT2D eigenvalue weighted by Crippen LogP contribution is 2.15. The van der Waals surface area contributed by atoms with Gasteiger partial charge in [-0.3, -0.25) is 4.68 Å². The minimum absolute atomic E-state index is 0.0261. The summed E-state index contributed by atoms with van der Waals surface area (Å²) < 4.78 is 28.6. The standard InChI is InChI=1S/C8H12N2O4S/c1-4-14-8(11)6-5-9-10(2)7(6)15(3,12)13/h5H,4H2,1-3H3. The number of rotatable bonds is 3. The lowest BCUT2D eigenvalue weighted by Crippen LogP contribution is -2.12. The second-order valence-corrected chi connectivity index (χ2v) is 4.91. The molecule has 0 aliphatic carbocycles. The van der Waals surface area contributed by atoms with Gasteiger partial charge >= 0.3 is 5.97 Å². The molecule has 0 atom stereocenters. The van der Waals surface area contributed by atoms with Crippen molar-refractivity contribution in [2.45, 2.75) is 11.9 Å². The van der Waals surface area contributed by atoms with Gasteiger partial charge in [0.1, 0.15) is 5.56 Å². The molecule has 15 heavy (non-hydrogen) atoms. The van der Waals surface area contributed by atoms with Gasteiger partial charge in [-0.25, -0.2) is 13.2 Å². The lowest BCUT2D eigenvalue weighted by Gasteiger charge is -2.03. The number of carbonyl (C=O) groups is 1. The molecule has 0 aromatic carbocycles. The zero-order chi connectivity index (χ0) is 11.6. The first kappa shape index (κ1) is 11.7. The molecule has 0 aliphatic rings. The van der Waals surface area contributed by atoms with Gasteiger partial charge in [0.15, 0.2) is 14.9 Å². The molecule has 0 saturated heterocycles. The van der Waals surface area contributed by atoms with Crippen LogP contribution in [0.25, 0.3) is 0 Å². The molecule has 0 amide bonds. The van der Waals surface area contributed by atoms with Gasteiger partial charge in [-0.2, -0.15) is 5.10 Å². The average molecular weight is 232 g/mol. The second kappa shape index (κ2) is 4.01. The van der Waals surface area contributed by atoms with E-state index in [9.17, 15) is 13.2 Å². The van der Waals surface area contributed by atoms with E-state index >= 15 is 0 Å². The number of sulfone groups is 1. The number of esters is 1. The Labute approximate surface area is 87.8 Å². The van der Waals surface area contributed by atoms with E-state index in [-0.39, 0.29) is 17.2 Å². The summed E-state index contributed by atoms with van der Waals surface area (Å²) in [5.41, 5.74) is -0.0261. The Morgan fingerprint density at radius 2 is 2.20 bits per heavy atom. The molecule has 0 radical (unpaired) electrons. The van der Waals surface area contributed by atoms with Gasteiger partial charge in [-0.15, -0.1) is 0 Å². The van der Waals surface area contributed by atoms with E-state index in [0.29, 0.717) is 0 Å². The molecule has 0 saturated carbocycles. The summed E-state index contributed by atoms with van der Waals surface area (Å²) in [6.45, 7) is 1.84. The fraction of sp³-hybridized carbons (Fsp3) is 0.500. The van der Waals surface area contributed by atoms with E-state index in [2.05, 4.69) is 5.10 Å². The zero-order valence-corrected chi connectivity index (χ0v) is 9.54. The molecule has 1 heterocycles. The highest BCUT2D eigenvalue weighted by molar-refractivity contribution is 7.90. The Morgan fingerprint density at radius 3 is 2.67 bits per heavy atom. The van der Waals surface area contributed by atoms with Crippen LogP contribution in [0, 0.1) is 0 Å². The molecular weight excluding hydrogens is 220 g/mol. The summed E-state index contributed by atoms with van der Waals surface area (Å²) in [4.78, 5) is 11.4. The Morgan fingerprint density at radius 1 is 1.60 bits per heavy atom. The molecule has 0 aliphatic heterocycles. The molecule has 1 aromatic heterocycles. The lowest BCUT2D eigenvalue weighted by molar-refractivity contribution is 0.0521. The summed E-state index contributed by atoms with van der Waals surface area (Å²) >= 11 is 0. The minimum atomic E-state index is -3.48.